The van der Waals surface area contributed by atoms with Gasteiger partial charge in [0.2, 0.25) is 5.12 Å². The van der Waals surface area contributed by atoms with E-state index in [9.17, 15) is 23.1 Å². The molecule has 6 heteroatoms. The van der Waals surface area contributed by atoms with Gasteiger partial charge in [0.05, 0.1) is 6.10 Å². The number of carbonyl (C=O) groups is 1. The molecule has 0 aromatic heterocycles. The average molecular weight is 292 g/mol. The molecule has 19 heavy (non-hydrogen) atoms. The van der Waals surface area contributed by atoms with E-state index in [1.165, 1.54) is 0 Å². The van der Waals surface area contributed by atoms with Crippen molar-refractivity contribution in [1.29, 1.82) is 0 Å². The molecule has 1 aromatic rings. The standard InChI is InChI=1S/C13H15F3O2S/c1-2-6-10(17)11(13(14,15)16)12(18)19-9-7-4-3-5-8-9/h3-5,7-8,10-11,17H,2,6H2,1H3/t10-,11-/m1/s1. The van der Waals surface area contributed by atoms with E-state index in [4.69, 9.17) is 0 Å². The Morgan fingerprint density at radius 3 is 2.37 bits per heavy atom. The van der Waals surface area contributed by atoms with Crippen LogP contribution >= 0.6 is 11.8 Å². The fraction of sp³-hybridized carbons (Fsp3) is 0.462. The summed E-state index contributed by atoms with van der Waals surface area (Å²) in [6, 6.07) is 8.10. The Morgan fingerprint density at radius 1 is 1.32 bits per heavy atom. The van der Waals surface area contributed by atoms with E-state index >= 15 is 0 Å². The number of thioether (sulfide) groups is 1. The predicted octanol–water partition coefficient (Wildman–Crippen LogP) is 3.64. The SMILES string of the molecule is CCC[C@@H](O)[C@H](C(=O)Sc1ccccc1)C(F)(F)F. The Hall–Kier alpha value is -1.01. The third-order valence-corrected chi connectivity index (χ3v) is 3.50. The Kier molecular flexibility index (Phi) is 5.87. The van der Waals surface area contributed by atoms with Crippen molar-refractivity contribution < 1.29 is 23.1 Å². The first-order chi connectivity index (χ1) is 8.86. The molecule has 0 spiro atoms. The lowest BCUT2D eigenvalue weighted by molar-refractivity contribution is -0.196. The first-order valence-electron chi connectivity index (χ1n) is 5.87. The normalized spacial score (nSPS) is 15.0. The maximum atomic E-state index is 12.9. The monoisotopic (exact) mass is 292 g/mol. The van der Waals surface area contributed by atoms with Gasteiger partial charge in [-0.05, 0) is 18.6 Å². The van der Waals surface area contributed by atoms with Crippen LogP contribution in [0, 0.1) is 5.92 Å². The number of benzene rings is 1. The molecule has 106 valence electrons. The molecule has 0 heterocycles. The highest BCUT2D eigenvalue weighted by molar-refractivity contribution is 8.13. The van der Waals surface area contributed by atoms with Crippen molar-refractivity contribution in [2.45, 2.75) is 36.9 Å². The molecule has 0 saturated heterocycles. The molecule has 0 unspecified atom stereocenters. The summed E-state index contributed by atoms with van der Waals surface area (Å²) in [6.07, 6.45) is -6.08. The lowest BCUT2D eigenvalue weighted by Crippen LogP contribution is -2.39. The zero-order chi connectivity index (χ0) is 14.5. The van der Waals surface area contributed by atoms with E-state index in [0.717, 1.165) is 0 Å². The summed E-state index contributed by atoms with van der Waals surface area (Å²) >= 11 is 0.514. The fourth-order valence-corrected chi connectivity index (χ4v) is 2.58. The van der Waals surface area contributed by atoms with Crippen LogP contribution in [0.1, 0.15) is 19.8 Å². The Labute approximate surface area is 114 Å². The lowest BCUT2D eigenvalue weighted by atomic mass is 9.99. The van der Waals surface area contributed by atoms with Crippen LogP contribution in [0.15, 0.2) is 35.2 Å². The van der Waals surface area contributed by atoms with Gasteiger partial charge in [-0.2, -0.15) is 13.2 Å². The lowest BCUT2D eigenvalue weighted by Gasteiger charge is -2.23. The number of hydrogen-bond donors (Lipinski definition) is 1. The van der Waals surface area contributed by atoms with Crippen molar-refractivity contribution in [3.63, 3.8) is 0 Å². The number of carbonyl (C=O) groups excluding carboxylic acids is 1. The molecule has 0 bridgehead atoms. The van der Waals surface area contributed by atoms with Gasteiger partial charge in [0.1, 0.15) is 5.92 Å². The molecule has 0 saturated carbocycles. The number of hydrogen-bond acceptors (Lipinski definition) is 3. The van der Waals surface area contributed by atoms with Crippen molar-refractivity contribution >= 4 is 16.9 Å². The molecule has 2 nitrogen and oxygen atoms in total. The molecular weight excluding hydrogens is 277 g/mol. The molecule has 0 amide bonds. The summed E-state index contributed by atoms with van der Waals surface area (Å²) in [7, 11) is 0. The molecule has 0 aliphatic heterocycles. The zero-order valence-electron chi connectivity index (χ0n) is 10.4. The van der Waals surface area contributed by atoms with Crippen LogP contribution in [-0.4, -0.2) is 22.5 Å². The summed E-state index contributed by atoms with van der Waals surface area (Å²) in [5.74, 6) is -2.34. The topological polar surface area (TPSA) is 37.3 Å². The number of alkyl halides is 3. The highest BCUT2D eigenvalue weighted by Crippen LogP contribution is 2.36. The molecule has 1 N–H and O–H groups in total. The Balaban J connectivity index is 2.83. The minimum absolute atomic E-state index is 0.0503. The van der Waals surface area contributed by atoms with Gasteiger partial charge in [-0.15, -0.1) is 0 Å². The van der Waals surface area contributed by atoms with Crippen LogP contribution in [0.4, 0.5) is 13.2 Å². The Bertz CT molecular complexity index is 406. The van der Waals surface area contributed by atoms with E-state index in [0.29, 0.717) is 23.1 Å². The van der Waals surface area contributed by atoms with Crippen LogP contribution in [0.5, 0.6) is 0 Å². The van der Waals surface area contributed by atoms with Gasteiger partial charge in [-0.1, -0.05) is 43.3 Å². The smallest absolute Gasteiger partial charge is 0.392 e. The van der Waals surface area contributed by atoms with E-state index in [-0.39, 0.29) is 6.42 Å². The first kappa shape index (κ1) is 16.0. The molecule has 0 radical (unpaired) electrons. The van der Waals surface area contributed by atoms with Crippen LogP contribution in [0.25, 0.3) is 0 Å². The molecule has 1 aromatic carbocycles. The third kappa shape index (κ3) is 4.87. The van der Waals surface area contributed by atoms with Crippen molar-refractivity contribution in [2.24, 2.45) is 5.92 Å². The summed E-state index contributed by atoms with van der Waals surface area (Å²) in [5, 5.41) is 8.47. The van der Waals surface area contributed by atoms with Crippen LogP contribution < -0.4 is 0 Å². The number of halogens is 3. The average Bonchev–Trinajstić information content (AvgIpc) is 2.28. The second kappa shape index (κ2) is 6.96. The number of aliphatic hydroxyl groups excluding tert-OH is 1. The summed E-state index contributed by atoms with van der Waals surface area (Å²) in [5.41, 5.74) is 0. The highest BCUT2D eigenvalue weighted by Gasteiger charge is 2.48. The van der Waals surface area contributed by atoms with E-state index in [2.05, 4.69) is 0 Å². The van der Waals surface area contributed by atoms with Crippen molar-refractivity contribution in [2.75, 3.05) is 0 Å². The van der Waals surface area contributed by atoms with E-state index < -0.39 is 23.3 Å². The summed E-state index contributed by atoms with van der Waals surface area (Å²) in [6.45, 7) is 1.66. The number of rotatable bonds is 5. The zero-order valence-corrected chi connectivity index (χ0v) is 11.2. The van der Waals surface area contributed by atoms with Gasteiger partial charge < -0.3 is 5.11 Å². The second-order valence-electron chi connectivity index (χ2n) is 4.11. The molecular formula is C13H15F3O2S. The van der Waals surface area contributed by atoms with Gasteiger partial charge in [0.15, 0.2) is 0 Å². The minimum Gasteiger partial charge on any atom is -0.392 e. The quantitative estimate of drug-likeness (QED) is 0.842. The third-order valence-electron chi connectivity index (χ3n) is 2.54. The largest absolute Gasteiger partial charge is 0.402 e. The number of aliphatic hydroxyl groups is 1. The van der Waals surface area contributed by atoms with E-state index in [1.54, 1.807) is 37.3 Å². The predicted molar refractivity (Wildman–Crippen MR) is 67.8 cm³/mol. The van der Waals surface area contributed by atoms with Gasteiger partial charge in [-0.3, -0.25) is 4.79 Å². The van der Waals surface area contributed by atoms with Crippen LogP contribution in [0.2, 0.25) is 0 Å². The molecule has 0 aliphatic rings. The Morgan fingerprint density at radius 2 is 1.89 bits per heavy atom. The van der Waals surface area contributed by atoms with Gasteiger partial charge in [0, 0.05) is 4.90 Å². The molecule has 0 fully saturated rings. The van der Waals surface area contributed by atoms with Gasteiger partial charge in [-0.25, -0.2) is 0 Å². The van der Waals surface area contributed by atoms with Crippen LogP contribution in [-0.2, 0) is 4.79 Å². The maximum Gasteiger partial charge on any atom is 0.402 e. The minimum atomic E-state index is -4.73. The maximum absolute atomic E-state index is 12.9. The highest BCUT2D eigenvalue weighted by atomic mass is 32.2. The van der Waals surface area contributed by atoms with Gasteiger partial charge in [0.25, 0.3) is 0 Å². The molecule has 2 atom stereocenters. The van der Waals surface area contributed by atoms with E-state index in [1.807, 2.05) is 0 Å². The van der Waals surface area contributed by atoms with Gasteiger partial charge >= 0.3 is 6.18 Å². The summed E-state index contributed by atoms with van der Waals surface area (Å²) < 4.78 is 38.6. The fourth-order valence-electron chi connectivity index (χ4n) is 1.64. The second-order valence-corrected chi connectivity index (χ2v) is 5.19. The molecule has 0 aliphatic carbocycles. The first-order valence-corrected chi connectivity index (χ1v) is 6.69. The summed E-state index contributed by atoms with van der Waals surface area (Å²) in [4.78, 5) is 12.2. The van der Waals surface area contributed by atoms with Crippen molar-refractivity contribution in [3.05, 3.63) is 30.3 Å². The van der Waals surface area contributed by atoms with Crippen molar-refractivity contribution in [3.8, 4) is 0 Å². The van der Waals surface area contributed by atoms with Crippen LogP contribution in [0.3, 0.4) is 0 Å². The van der Waals surface area contributed by atoms with Crippen molar-refractivity contribution in [1.82, 2.24) is 0 Å². The molecule has 1 rings (SSSR count).